The molecule has 1 amide bonds. The lowest BCUT2D eigenvalue weighted by Crippen LogP contribution is -2.55. The van der Waals surface area contributed by atoms with Crippen molar-refractivity contribution in [3.63, 3.8) is 0 Å². The second-order valence-electron chi connectivity index (χ2n) is 8.21. The molecule has 3 aliphatic heterocycles. The first kappa shape index (κ1) is 23.2. The number of carbonyl (C=O) groups excluding carboxylic acids is 1. The van der Waals surface area contributed by atoms with E-state index in [4.69, 9.17) is 14.2 Å². The van der Waals surface area contributed by atoms with E-state index in [1.807, 2.05) is 11.9 Å². The highest BCUT2D eigenvalue weighted by Crippen LogP contribution is 2.14. The highest BCUT2D eigenvalue weighted by molar-refractivity contribution is 5.80. The number of morpholine rings is 1. The number of nitrogens with one attached hydrogen (secondary N) is 1. The predicted molar refractivity (Wildman–Crippen MR) is 116 cm³/mol. The van der Waals surface area contributed by atoms with E-state index in [0.717, 1.165) is 84.4 Å². The van der Waals surface area contributed by atoms with Gasteiger partial charge in [0.15, 0.2) is 5.96 Å². The van der Waals surface area contributed by atoms with Gasteiger partial charge in [0.25, 0.3) is 0 Å². The average molecular weight is 426 g/mol. The minimum absolute atomic E-state index is 0.218. The third-order valence-corrected chi connectivity index (χ3v) is 6.05. The van der Waals surface area contributed by atoms with Gasteiger partial charge in [-0.25, -0.2) is 0 Å². The standard InChI is InChI=1S/C21H39N5O4/c1-22-21(23-5-2-12-30-18-19-3-13-28-14-4-19)26-8-6-24(7-9-26)17-20(27)25-10-15-29-16-11-25/h19H,2-18H2,1H3,(H,22,23). The molecule has 3 saturated heterocycles. The largest absolute Gasteiger partial charge is 0.381 e. The number of ether oxygens (including phenoxy) is 3. The highest BCUT2D eigenvalue weighted by Gasteiger charge is 2.24. The van der Waals surface area contributed by atoms with Crippen LogP contribution in [-0.2, 0) is 19.0 Å². The summed E-state index contributed by atoms with van der Waals surface area (Å²) in [7, 11) is 1.83. The summed E-state index contributed by atoms with van der Waals surface area (Å²) in [4.78, 5) is 23.3. The van der Waals surface area contributed by atoms with Crippen molar-refractivity contribution in [2.75, 3.05) is 99.0 Å². The predicted octanol–water partition coefficient (Wildman–Crippen LogP) is -0.128. The Labute approximate surface area is 180 Å². The highest BCUT2D eigenvalue weighted by atomic mass is 16.5. The number of guanidine groups is 1. The number of nitrogens with zero attached hydrogens (tertiary/aromatic N) is 4. The van der Waals surface area contributed by atoms with E-state index in [-0.39, 0.29) is 5.91 Å². The van der Waals surface area contributed by atoms with Crippen molar-refractivity contribution in [2.45, 2.75) is 19.3 Å². The van der Waals surface area contributed by atoms with Gasteiger partial charge in [-0.3, -0.25) is 14.7 Å². The van der Waals surface area contributed by atoms with Crippen LogP contribution < -0.4 is 5.32 Å². The van der Waals surface area contributed by atoms with Gasteiger partial charge in [0.2, 0.25) is 5.91 Å². The molecule has 0 aliphatic carbocycles. The maximum absolute atomic E-state index is 12.4. The molecule has 0 unspecified atom stereocenters. The van der Waals surface area contributed by atoms with Gasteiger partial charge >= 0.3 is 0 Å². The molecule has 0 aromatic carbocycles. The minimum atomic E-state index is 0.218. The minimum Gasteiger partial charge on any atom is -0.381 e. The summed E-state index contributed by atoms with van der Waals surface area (Å²) in [6, 6.07) is 0. The number of hydrogen-bond acceptors (Lipinski definition) is 6. The van der Waals surface area contributed by atoms with Crippen LogP contribution in [-0.4, -0.2) is 126 Å². The van der Waals surface area contributed by atoms with Crippen molar-refractivity contribution in [2.24, 2.45) is 10.9 Å². The van der Waals surface area contributed by atoms with Crippen LogP contribution in [0.2, 0.25) is 0 Å². The van der Waals surface area contributed by atoms with Crippen LogP contribution in [0.4, 0.5) is 0 Å². The molecule has 0 saturated carbocycles. The van der Waals surface area contributed by atoms with E-state index in [2.05, 4.69) is 20.1 Å². The van der Waals surface area contributed by atoms with Crippen LogP contribution in [0.5, 0.6) is 0 Å². The Morgan fingerprint density at radius 2 is 1.70 bits per heavy atom. The van der Waals surface area contributed by atoms with Crippen LogP contribution in [0, 0.1) is 5.92 Å². The maximum atomic E-state index is 12.4. The van der Waals surface area contributed by atoms with Gasteiger partial charge in [0.05, 0.1) is 19.8 Å². The Bertz CT molecular complexity index is 527. The molecule has 1 N–H and O–H groups in total. The number of aliphatic imine (C=N–C) groups is 1. The first-order valence-corrected chi connectivity index (χ1v) is 11.4. The van der Waals surface area contributed by atoms with E-state index in [1.165, 1.54) is 0 Å². The molecular weight excluding hydrogens is 386 g/mol. The summed E-state index contributed by atoms with van der Waals surface area (Å²) >= 11 is 0. The number of hydrogen-bond donors (Lipinski definition) is 1. The first-order valence-electron chi connectivity index (χ1n) is 11.4. The Morgan fingerprint density at radius 1 is 1.00 bits per heavy atom. The van der Waals surface area contributed by atoms with Crippen LogP contribution >= 0.6 is 0 Å². The molecule has 3 rings (SSSR count). The van der Waals surface area contributed by atoms with E-state index >= 15 is 0 Å². The van der Waals surface area contributed by atoms with Gasteiger partial charge in [-0.05, 0) is 25.2 Å². The van der Waals surface area contributed by atoms with Crippen molar-refractivity contribution in [1.29, 1.82) is 0 Å². The quantitative estimate of drug-likeness (QED) is 0.330. The second kappa shape index (κ2) is 13.1. The molecule has 0 aromatic rings. The summed E-state index contributed by atoms with van der Waals surface area (Å²) in [6.45, 7) is 11.0. The number of rotatable bonds is 8. The van der Waals surface area contributed by atoms with Gasteiger partial charge in [-0.2, -0.15) is 0 Å². The monoisotopic (exact) mass is 425 g/mol. The molecule has 3 aliphatic rings. The molecule has 3 heterocycles. The van der Waals surface area contributed by atoms with E-state index in [1.54, 1.807) is 0 Å². The smallest absolute Gasteiger partial charge is 0.236 e. The molecule has 0 atom stereocenters. The molecule has 9 heteroatoms. The van der Waals surface area contributed by atoms with E-state index in [9.17, 15) is 4.79 Å². The molecule has 172 valence electrons. The zero-order valence-electron chi connectivity index (χ0n) is 18.5. The van der Waals surface area contributed by atoms with Gasteiger partial charge in [0.1, 0.15) is 0 Å². The van der Waals surface area contributed by atoms with Crippen molar-refractivity contribution >= 4 is 11.9 Å². The molecule has 0 aromatic heterocycles. The molecular formula is C21H39N5O4. The van der Waals surface area contributed by atoms with Gasteiger partial charge in [-0.15, -0.1) is 0 Å². The molecule has 0 spiro atoms. The van der Waals surface area contributed by atoms with Crippen LogP contribution in [0.3, 0.4) is 0 Å². The summed E-state index contributed by atoms with van der Waals surface area (Å²) in [5.74, 6) is 1.82. The van der Waals surface area contributed by atoms with Crippen LogP contribution in [0.1, 0.15) is 19.3 Å². The van der Waals surface area contributed by atoms with E-state index < -0.39 is 0 Å². The lowest BCUT2D eigenvalue weighted by molar-refractivity contribution is -0.136. The Morgan fingerprint density at radius 3 is 2.40 bits per heavy atom. The zero-order chi connectivity index (χ0) is 21.0. The summed E-state index contributed by atoms with van der Waals surface area (Å²) in [5.41, 5.74) is 0. The fourth-order valence-corrected chi connectivity index (χ4v) is 4.09. The third-order valence-electron chi connectivity index (χ3n) is 6.05. The number of amides is 1. The average Bonchev–Trinajstić information content (AvgIpc) is 2.80. The third kappa shape index (κ3) is 7.68. The van der Waals surface area contributed by atoms with E-state index in [0.29, 0.717) is 38.8 Å². The topological polar surface area (TPSA) is 78.9 Å². The lowest BCUT2D eigenvalue weighted by atomic mass is 10.0. The van der Waals surface area contributed by atoms with Crippen molar-refractivity contribution in [1.82, 2.24) is 20.0 Å². The van der Waals surface area contributed by atoms with Gasteiger partial charge in [0, 0.05) is 79.3 Å². The number of carbonyl (C=O) groups is 1. The molecule has 0 bridgehead atoms. The summed E-state index contributed by atoms with van der Waals surface area (Å²) in [6.07, 6.45) is 3.21. The molecule has 30 heavy (non-hydrogen) atoms. The van der Waals surface area contributed by atoms with Gasteiger partial charge in [-0.1, -0.05) is 0 Å². The Kier molecular flexibility index (Phi) is 10.1. The van der Waals surface area contributed by atoms with Crippen LogP contribution in [0.15, 0.2) is 4.99 Å². The first-order chi connectivity index (χ1) is 14.8. The van der Waals surface area contributed by atoms with Crippen molar-refractivity contribution in [3.05, 3.63) is 0 Å². The SMILES string of the molecule is CN=C(NCCCOCC1CCOCC1)N1CCN(CC(=O)N2CCOCC2)CC1. The zero-order valence-corrected chi connectivity index (χ0v) is 18.5. The van der Waals surface area contributed by atoms with Gasteiger partial charge < -0.3 is 29.3 Å². The Hall–Kier alpha value is -1.42. The Balaban J connectivity index is 1.25. The summed E-state index contributed by atoms with van der Waals surface area (Å²) < 4.78 is 16.5. The molecule has 9 nitrogen and oxygen atoms in total. The normalized spacial score (nSPS) is 22.4. The fourth-order valence-electron chi connectivity index (χ4n) is 4.09. The van der Waals surface area contributed by atoms with Crippen LogP contribution in [0.25, 0.3) is 0 Å². The second-order valence-corrected chi connectivity index (χ2v) is 8.21. The van der Waals surface area contributed by atoms with Crippen molar-refractivity contribution in [3.8, 4) is 0 Å². The molecule has 0 radical (unpaired) electrons. The summed E-state index contributed by atoms with van der Waals surface area (Å²) in [5, 5.41) is 3.45. The fraction of sp³-hybridized carbons (Fsp3) is 0.905. The number of piperazine rings is 1. The molecule has 3 fully saturated rings. The maximum Gasteiger partial charge on any atom is 0.236 e. The van der Waals surface area contributed by atoms with Crippen molar-refractivity contribution < 1.29 is 19.0 Å². The lowest BCUT2D eigenvalue weighted by Gasteiger charge is -2.37.